The van der Waals surface area contributed by atoms with Crippen molar-refractivity contribution in [2.24, 2.45) is 0 Å². The summed E-state index contributed by atoms with van der Waals surface area (Å²) in [4.78, 5) is 43.1. The highest BCUT2D eigenvalue weighted by molar-refractivity contribution is 8.18. The summed E-state index contributed by atoms with van der Waals surface area (Å²) < 4.78 is 12.5. The molecular weight excluding hydrogens is 482 g/mol. The second-order valence-electron chi connectivity index (χ2n) is 7.03. The summed E-state index contributed by atoms with van der Waals surface area (Å²) in [5.74, 6) is 0.917. The second-order valence-corrected chi connectivity index (χ2v) is 10.3. The fourth-order valence-electron chi connectivity index (χ4n) is 3.25. The maximum absolute atomic E-state index is 12.7. The zero-order chi connectivity index (χ0) is 22.8. The lowest BCUT2D eigenvalue weighted by molar-refractivity contribution is -0.123. The number of thiazole rings is 1. The van der Waals surface area contributed by atoms with E-state index in [-0.39, 0.29) is 42.7 Å². The van der Waals surface area contributed by atoms with Gasteiger partial charge in [-0.05, 0) is 47.7 Å². The van der Waals surface area contributed by atoms with Crippen molar-refractivity contribution in [2.45, 2.75) is 4.34 Å². The maximum Gasteiger partial charge on any atom is 0.293 e. The van der Waals surface area contributed by atoms with E-state index in [1.165, 1.54) is 11.8 Å². The maximum atomic E-state index is 12.7. The fourth-order valence-corrected chi connectivity index (χ4v) is 6.01. The Hall–Kier alpha value is -3.02. The summed E-state index contributed by atoms with van der Waals surface area (Å²) in [6.07, 6.45) is 1.65. The number of aromatic nitrogens is 1. The molecule has 33 heavy (non-hydrogen) atoms. The van der Waals surface area contributed by atoms with Gasteiger partial charge in [-0.2, -0.15) is 0 Å². The number of hydrogen-bond acceptors (Lipinski definition) is 9. The number of carbonyl (C=O) groups is 3. The molecule has 1 N–H and O–H groups in total. The number of carbonyl (C=O) groups excluding carboxylic acids is 3. The molecule has 1 saturated heterocycles. The topological polar surface area (TPSA) is 97.8 Å². The number of benzene rings is 2. The molecule has 3 aromatic rings. The lowest BCUT2D eigenvalue weighted by Crippen LogP contribution is -2.37. The number of amides is 3. The Morgan fingerprint density at radius 1 is 1.18 bits per heavy atom. The molecule has 8 nitrogen and oxygen atoms in total. The predicted octanol–water partition coefficient (Wildman–Crippen LogP) is 3.97. The molecule has 1 aromatic heterocycles. The van der Waals surface area contributed by atoms with Crippen molar-refractivity contribution in [2.75, 3.05) is 25.6 Å². The van der Waals surface area contributed by atoms with Crippen molar-refractivity contribution in [3.05, 3.63) is 52.9 Å². The van der Waals surface area contributed by atoms with Gasteiger partial charge in [0.15, 0.2) is 15.8 Å². The monoisotopic (exact) mass is 499 g/mol. The smallest absolute Gasteiger partial charge is 0.293 e. The van der Waals surface area contributed by atoms with Gasteiger partial charge < -0.3 is 14.8 Å². The first kappa shape index (κ1) is 21.8. The van der Waals surface area contributed by atoms with Crippen LogP contribution in [0.5, 0.6) is 11.5 Å². The Labute approximate surface area is 201 Å². The van der Waals surface area contributed by atoms with Crippen molar-refractivity contribution < 1.29 is 23.9 Å². The number of rotatable bonds is 7. The Morgan fingerprint density at radius 2 is 2.03 bits per heavy atom. The number of para-hydroxylation sites is 1. The Kier molecular flexibility index (Phi) is 6.25. The van der Waals surface area contributed by atoms with Crippen molar-refractivity contribution in [3.63, 3.8) is 0 Å². The van der Waals surface area contributed by atoms with E-state index in [0.717, 1.165) is 36.8 Å². The molecule has 1 fully saturated rings. The average Bonchev–Trinajstić information content (AvgIpc) is 3.51. The van der Waals surface area contributed by atoms with Crippen LogP contribution in [-0.4, -0.2) is 52.6 Å². The zero-order valence-corrected chi connectivity index (χ0v) is 19.6. The number of imide groups is 1. The minimum Gasteiger partial charge on any atom is -0.454 e. The second kappa shape index (κ2) is 9.46. The summed E-state index contributed by atoms with van der Waals surface area (Å²) >= 11 is 3.79. The highest BCUT2D eigenvalue weighted by Crippen LogP contribution is 2.36. The van der Waals surface area contributed by atoms with Gasteiger partial charge in [-0.25, -0.2) is 4.98 Å². The molecule has 2 aromatic carbocycles. The van der Waals surface area contributed by atoms with Crippen LogP contribution in [0.15, 0.2) is 51.7 Å². The number of thioether (sulfide) groups is 2. The third-order valence-corrected chi connectivity index (χ3v) is 7.91. The van der Waals surface area contributed by atoms with Gasteiger partial charge in [-0.1, -0.05) is 30.0 Å². The molecule has 0 bridgehead atoms. The summed E-state index contributed by atoms with van der Waals surface area (Å²) in [7, 11) is 0. The minimum atomic E-state index is -0.374. The van der Waals surface area contributed by atoms with Crippen molar-refractivity contribution in [1.29, 1.82) is 0 Å². The van der Waals surface area contributed by atoms with Crippen LogP contribution < -0.4 is 14.8 Å². The minimum absolute atomic E-state index is 0.112. The molecule has 5 rings (SSSR count). The van der Waals surface area contributed by atoms with Crippen LogP contribution in [0, 0.1) is 0 Å². The van der Waals surface area contributed by atoms with Crippen LogP contribution in [0.2, 0.25) is 0 Å². The normalized spacial score (nSPS) is 16.2. The van der Waals surface area contributed by atoms with Crippen LogP contribution in [0.25, 0.3) is 16.3 Å². The number of hydrogen-bond donors (Lipinski definition) is 1. The van der Waals surface area contributed by atoms with Gasteiger partial charge in [0.25, 0.3) is 11.1 Å². The molecule has 168 valence electrons. The van der Waals surface area contributed by atoms with Crippen molar-refractivity contribution >= 4 is 68.2 Å². The molecule has 11 heteroatoms. The van der Waals surface area contributed by atoms with E-state index in [4.69, 9.17) is 9.47 Å². The first-order valence-corrected chi connectivity index (χ1v) is 12.6. The molecular formula is C22H17N3O5S3. The van der Waals surface area contributed by atoms with E-state index in [1.807, 2.05) is 24.3 Å². The van der Waals surface area contributed by atoms with E-state index in [0.29, 0.717) is 16.4 Å². The number of nitrogens with zero attached hydrogens (tertiary/aromatic N) is 2. The molecule has 0 saturated carbocycles. The molecule has 0 spiro atoms. The molecule has 2 aliphatic rings. The van der Waals surface area contributed by atoms with E-state index in [9.17, 15) is 14.4 Å². The van der Waals surface area contributed by atoms with Crippen LogP contribution in [0.4, 0.5) is 4.79 Å². The van der Waals surface area contributed by atoms with Gasteiger partial charge >= 0.3 is 0 Å². The first-order valence-electron chi connectivity index (χ1n) is 9.97. The lowest BCUT2D eigenvalue weighted by atomic mass is 10.2. The third kappa shape index (κ3) is 4.85. The molecule has 2 aliphatic heterocycles. The van der Waals surface area contributed by atoms with Crippen LogP contribution >= 0.6 is 34.9 Å². The van der Waals surface area contributed by atoms with Gasteiger partial charge in [0.05, 0.1) is 20.9 Å². The SMILES string of the molecule is O=C(CSc1nc2ccccc2s1)NCCN1C(=O)S/C(=C\c2ccc3c(c2)OCO3)C1=O. The van der Waals surface area contributed by atoms with Gasteiger partial charge in [-0.15, -0.1) is 11.3 Å². The quantitative estimate of drug-likeness (QED) is 0.385. The molecule has 3 heterocycles. The Morgan fingerprint density at radius 3 is 2.91 bits per heavy atom. The third-order valence-electron chi connectivity index (χ3n) is 4.83. The molecule has 0 aliphatic carbocycles. The standard InChI is InChI=1S/C22H17N3O5S3/c26-19(11-31-21-24-14-3-1-2-4-17(14)32-21)23-7-8-25-20(27)18(33-22(25)28)10-13-5-6-15-16(9-13)30-12-29-15/h1-6,9-10H,7-8,11-12H2,(H,23,26)/b18-10-. The fraction of sp³-hybridized carbons (Fsp3) is 0.182. The number of nitrogens with one attached hydrogen (secondary N) is 1. The van der Waals surface area contributed by atoms with E-state index >= 15 is 0 Å². The van der Waals surface area contributed by atoms with Crippen molar-refractivity contribution in [1.82, 2.24) is 15.2 Å². The highest BCUT2D eigenvalue weighted by atomic mass is 32.2. The van der Waals surface area contributed by atoms with Gasteiger partial charge in [0.1, 0.15) is 0 Å². The van der Waals surface area contributed by atoms with Crippen LogP contribution in [0.3, 0.4) is 0 Å². The van der Waals surface area contributed by atoms with Crippen LogP contribution in [-0.2, 0) is 9.59 Å². The zero-order valence-electron chi connectivity index (χ0n) is 17.1. The first-order chi connectivity index (χ1) is 16.1. The summed E-state index contributed by atoms with van der Waals surface area (Å²) in [6.45, 7) is 0.468. The highest BCUT2D eigenvalue weighted by Gasteiger charge is 2.34. The van der Waals surface area contributed by atoms with Crippen molar-refractivity contribution in [3.8, 4) is 11.5 Å². The summed E-state index contributed by atoms with van der Waals surface area (Å²) in [5, 5.41) is 2.40. The molecule has 0 radical (unpaired) electrons. The van der Waals surface area contributed by atoms with E-state index < -0.39 is 0 Å². The van der Waals surface area contributed by atoms with E-state index in [2.05, 4.69) is 10.3 Å². The Bertz CT molecular complexity index is 1260. The average molecular weight is 500 g/mol. The lowest BCUT2D eigenvalue weighted by Gasteiger charge is -2.12. The summed E-state index contributed by atoms with van der Waals surface area (Å²) in [5.41, 5.74) is 1.66. The Balaban J connectivity index is 1.12. The van der Waals surface area contributed by atoms with Crippen LogP contribution in [0.1, 0.15) is 5.56 Å². The van der Waals surface area contributed by atoms with E-state index in [1.54, 1.807) is 35.6 Å². The number of fused-ring (bicyclic) bond motifs is 2. The molecule has 0 unspecified atom stereocenters. The predicted molar refractivity (Wildman–Crippen MR) is 129 cm³/mol. The largest absolute Gasteiger partial charge is 0.454 e. The molecule has 0 atom stereocenters. The van der Waals surface area contributed by atoms with Gasteiger partial charge in [-0.3, -0.25) is 19.3 Å². The van der Waals surface area contributed by atoms with Gasteiger partial charge in [0, 0.05) is 13.1 Å². The summed E-state index contributed by atoms with van der Waals surface area (Å²) in [6, 6.07) is 13.1. The van der Waals surface area contributed by atoms with Gasteiger partial charge in [0.2, 0.25) is 12.7 Å². The molecule has 3 amide bonds. The number of ether oxygens (including phenoxy) is 2.